The SMILES string of the molecule is O=C(COc1cccnc1)NC[C@H]1CCO[C@@H]1c1ccccc1. The fourth-order valence-corrected chi connectivity index (χ4v) is 2.73. The van der Waals surface area contributed by atoms with Crippen molar-refractivity contribution in [2.75, 3.05) is 19.8 Å². The van der Waals surface area contributed by atoms with Crippen molar-refractivity contribution >= 4 is 5.91 Å². The maximum Gasteiger partial charge on any atom is 0.257 e. The molecule has 0 aliphatic carbocycles. The molecule has 0 radical (unpaired) electrons. The van der Waals surface area contributed by atoms with Crippen LogP contribution >= 0.6 is 0 Å². The molecule has 5 nitrogen and oxygen atoms in total. The first-order valence-electron chi connectivity index (χ1n) is 7.79. The standard InChI is InChI=1S/C18H20N2O3/c21-17(13-23-16-7-4-9-19-12-16)20-11-15-8-10-22-18(15)14-5-2-1-3-6-14/h1-7,9,12,15,18H,8,10-11,13H2,(H,20,21)/t15-,18-/m1/s1. The van der Waals surface area contributed by atoms with Gasteiger partial charge in [-0.1, -0.05) is 30.3 Å². The molecule has 2 aromatic rings. The highest BCUT2D eigenvalue weighted by atomic mass is 16.5. The third-order valence-corrected chi connectivity index (χ3v) is 3.91. The molecule has 3 rings (SSSR count). The molecule has 120 valence electrons. The first-order valence-corrected chi connectivity index (χ1v) is 7.79. The van der Waals surface area contributed by atoms with E-state index in [9.17, 15) is 4.79 Å². The van der Waals surface area contributed by atoms with Crippen LogP contribution in [0.15, 0.2) is 54.9 Å². The number of amides is 1. The Labute approximate surface area is 135 Å². The zero-order valence-electron chi connectivity index (χ0n) is 12.9. The Kier molecular flexibility index (Phi) is 5.21. The summed E-state index contributed by atoms with van der Waals surface area (Å²) in [5.41, 5.74) is 1.16. The molecule has 1 fully saturated rings. The van der Waals surface area contributed by atoms with E-state index in [0.717, 1.165) is 18.6 Å². The number of carbonyl (C=O) groups is 1. The molecule has 0 unspecified atom stereocenters. The molecule has 1 aromatic carbocycles. The average Bonchev–Trinajstić information content (AvgIpc) is 3.08. The number of nitrogens with one attached hydrogen (secondary N) is 1. The minimum absolute atomic E-state index is 0.00469. The van der Waals surface area contributed by atoms with Gasteiger partial charge in [-0.2, -0.15) is 0 Å². The van der Waals surface area contributed by atoms with Gasteiger partial charge in [-0.05, 0) is 24.1 Å². The highest BCUT2D eigenvalue weighted by Crippen LogP contribution is 2.33. The first kappa shape index (κ1) is 15.5. The zero-order valence-corrected chi connectivity index (χ0v) is 12.9. The quantitative estimate of drug-likeness (QED) is 0.889. The lowest BCUT2D eigenvalue weighted by molar-refractivity contribution is -0.123. The topological polar surface area (TPSA) is 60.5 Å². The van der Waals surface area contributed by atoms with Crippen molar-refractivity contribution in [2.24, 2.45) is 5.92 Å². The molecule has 0 spiro atoms. The van der Waals surface area contributed by atoms with E-state index < -0.39 is 0 Å². The first-order chi connectivity index (χ1) is 11.3. The highest BCUT2D eigenvalue weighted by molar-refractivity contribution is 5.77. The predicted molar refractivity (Wildman–Crippen MR) is 86.0 cm³/mol. The second-order valence-corrected chi connectivity index (χ2v) is 5.53. The fourth-order valence-electron chi connectivity index (χ4n) is 2.73. The summed E-state index contributed by atoms with van der Waals surface area (Å²) in [6.07, 6.45) is 4.25. The van der Waals surface area contributed by atoms with Gasteiger partial charge in [0, 0.05) is 25.3 Å². The van der Waals surface area contributed by atoms with Crippen LogP contribution in [0, 0.1) is 5.92 Å². The molecule has 1 amide bonds. The number of ether oxygens (including phenoxy) is 2. The maximum atomic E-state index is 11.9. The molecule has 1 aliphatic rings. The third kappa shape index (κ3) is 4.29. The number of hydrogen-bond acceptors (Lipinski definition) is 4. The Bertz CT molecular complexity index is 619. The normalized spacial score (nSPS) is 20.2. The van der Waals surface area contributed by atoms with Crippen LogP contribution in [0.25, 0.3) is 0 Å². The minimum Gasteiger partial charge on any atom is -0.482 e. The molecule has 1 aliphatic heterocycles. The van der Waals surface area contributed by atoms with Crippen molar-refractivity contribution in [3.63, 3.8) is 0 Å². The van der Waals surface area contributed by atoms with Gasteiger partial charge in [-0.25, -0.2) is 0 Å². The van der Waals surface area contributed by atoms with Gasteiger partial charge >= 0.3 is 0 Å². The van der Waals surface area contributed by atoms with Crippen molar-refractivity contribution in [3.05, 3.63) is 60.4 Å². The monoisotopic (exact) mass is 312 g/mol. The molecular formula is C18H20N2O3. The number of hydrogen-bond donors (Lipinski definition) is 1. The maximum absolute atomic E-state index is 11.9. The van der Waals surface area contributed by atoms with Gasteiger partial charge in [0.1, 0.15) is 5.75 Å². The van der Waals surface area contributed by atoms with Crippen LogP contribution in [0.5, 0.6) is 5.75 Å². The van der Waals surface area contributed by atoms with Gasteiger partial charge in [0.05, 0.1) is 12.3 Å². The van der Waals surface area contributed by atoms with E-state index in [1.807, 2.05) is 18.2 Å². The van der Waals surface area contributed by atoms with Crippen LogP contribution in [0.4, 0.5) is 0 Å². The lowest BCUT2D eigenvalue weighted by atomic mass is 9.95. The van der Waals surface area contributed by atoms with Gasteiger partial charge < -0.3 is 14.8 Å². The van der Waals surface area contributed by atoms with Gasteiger partial charge in [0.15, 0.2) is 6.61 Å². The summed E-state index contributed by atoms with van der Waals surface area (Å²) >= 11 is 0. The molecule has 23 heavy (non-hydrogen) atoms. The molecule has 5 heteroatoms. The van der Waals surface area contributed by atoms with Crippen LogP contribution in [0.1, 0.15) is 18.1 Å². The highest BCUT2D eigenvalue weighted by Gasteiger charge is 2.29. The second-order valence-electron chi connectivity index (χ2n) is 5.53. The summed E-state index contributed by atoms with van der Waals surface area (Å²) in [7, 11) is 0. The van der Waals surface area contributed by atoms with Crippen molar-refractivity contribution < 1.29 is 14.3 Å². The molecule has 0 saturated carbocycles. The van der Waals surface area contributed by atoms with Crippen LogP contribution in [0.2, 0.25) is 0 Å². The Balaban J connectivity index is 1.46. The average molecular weight is 312 g/mol. The largest absolute Gasteiger partial charge is 0.482 e. The second kappa shape index (κ2) is 7.74. The Hall–Kier alpha value is -2.40. The van der Waals surface area contributed by atoms with E-state index >= 15 is 0 Å². The molecule has 2 atom stereocenters. The summed E-state index contributed by atoms with van der Waals surface area (Å²) < 4.78 is 11.2. The van der Waals surface area contributed by atoms with Crippen molar-refractivity contribution in [3.8, 4) is 5.75 Å². The minimum atomic E-state index is -0.132. The Morgan fingerprint density at radius 1 is 1.26 bits per heavy atom. The van der Waals surface area contributed by atoms with Crippen molar-refractivity contribution in [1.29, 1.82) is 0 Å². The van der Waals surface area contributed by atoms with Crippen LogP contribution in [0.3, 0.4) is 0 Å². The summed E-state index contributed by atoms with van der Waals surface area (Å²) in [6.45, 7) is 1.32. The number of pyridine rings is 1. The van der Waals surface area contributed by atoms with E-state index in [1.165, 1.54) is 0 Å². The number of benzene rings is 1. The molecular weight excluding hydrogens is 292 g/mol. The van der Waals surface area contributed by atoms with Crippen LogP contribution < -0.4 is 10.1 Å². The van der Waals surface area contributed by atoms with Gasteiger partial charge in [0.2, 0.25) is 0 Å². The van der Waals surface area contributed by atoms with Crippen molar-refractivity contribution in [2.45, 2.75) is 12.5 Å². The van der Waals surface area contributed by atoms with E-state index in [2.05, 4.69) is 22.4 Å². The van der Waals surface area contributed by atoms with Gasteiger partial charge in [-0.3, -0.25) is 9.78 Å². The van der Waals surface area contributed by atoms with Gasteiger partial charge in [-0.15, -0.1) is 0 Å². The molecule has 1 saturated heterocycles. The Morgan fingerprint density at radius 3 is 2.91 bits per heavy atom. The summed E-state index contributed by atoms with van der Waals surface area (Å²) in [6, 6.07) is 13.7. The number of rotatable bonds is 6. The van der Waals surface area contributed by atoms with E-state index in [4.69, 9.17) is 9.47 Å². The molecule has 0 bridgehead atoms. The summed E-state index contributed by atoms with van der Waals surface area (Å²) in [5.74, 6) is 0.751. The van der Waals surface area contributed by atoms with Crippen LogP contribution in [-0.2, 0) is 9.53 Å². The summed E-state index contributed by atoms with van der Waals surface area (Å²) in [4.78, 5) is 15.9. The molecule has 1 N–H and O–H groups in total. The molecule has 2 heterocycles. The zero-order chi connectivity index (χ0) is 15.9. The van der Waals surface area contributed by atoms with Gasteiger partial charge in [0.25, 0.3) is 5.91 Å². The van der Waals surface area contributed by atoms with E-state index in [-0.39, 0.29) is 18.6 Å². The molecule has 1 aromatic heterocycles. The van der Waals surface area contributed by atoms with E-state index in [0.29, 0.717) is 18.2 Å². The smallest absolute Gasteiger partial charge is 0.257 e. The lowest BCUT2D eigenvalue weighted by Gasteiger charge is -2.19. The number of nitrogens with zero attached hydrogens (tertiary/aromatic N) is 1. The lowest BCUT2D eigenvalue weighted by Crippen LogP contribution is -2.34. The Morgan fingerprint density at radius 2 is 2.13 bits per heavy atom. The predicted octanol–water partition coefficient (Wildman–Crippen LogP) is 2.35. The fraction of sp³-hybridized carbons (Fsp3) is 0.333. The third-order valence-electron chi connectivity index (χ3n) is 3.91. The van der Waals surface area contributed by atoms with E-state index in [1.54, 1.807) is 24.5 Å². The summed E-state index contributed by atoms with van der Waals surface area (Å²) in [5, 5.41) is 2.93. The van der Waals surface area contributed by atoms with Crippen molar-refractivity contribution in [1.82, 2.24) is 10.3 Å². The number of aromatic nitrogens is 1. The number of carbonyl (C=O) groups excluding carboxylic acids is 1. The van der Waals surface area contributed by atoms with Crippen LogP contribution in [-0.4, -0.2) is 30.6 Å².